The highest BCUT2D eigenvalue weighted by Crippen LogP contribution is 2.32. The molecule has 0 saturated heterocycles. The van der Waals surface area contributed by atoms with Crippen LogP contribution in [0.5, 0.6) is 0 Å². The number of fused-ring (bicyclic) bond motifs is 4. The molecule has 2 aromatic carbocycles. The molecule has 0 fully saturated rings. The molecule has 13 nitrogen and oxygen atoms in total. The van der Waals surface area contributed by atoms with Crippen LogP contribution >= 0.6 is 11.6 Å². The average molecular weight is 634 g/mol. The van der Waals surface area contributed by atoms with Crippen LogP contribution in [0.25, 0.3) is 23.0 Å². The SMILES string of the molecule is COCCOC(=O)Nc1ccc2c(c1)NC[C@H](C)CCCC[C@H](NC(=O)/C=C/c1cc(Cl)ccc1-n1cnnn1)c1nc-2c[nH]1. The smallest absolute Gasteiger partial charge is 0.411 e. The number of aromatic amines is 1. The molecule has 4 aromatic rings. The molecule has 1 aliphatic heterocycles. The Balaban J connectivity index is 1.35. The summed E-state index contributed by atoms with van der Waals surface area (Å²) in [5.41, 5.74) is 4.38. The monoisotopic (exact) mass is 633 g/mol. The predicted octanol–water partition coefficient (Wildman–Crippen LogP) is 5.39. The molecule has 4 N–H and O–H groups in total. The van der Waals surface area contributed by atoms with E-state index in [9.17, 15) is 9.59 Å². The number of aromatic nitrogens is 6. The Kier molecular flexibility index (Phi) is 10.8. The minimum absolute atomic E-state index is 0.162. The molecule has 236 valence electrons. The second kappa shape index (κ2) is 15.3. The summed E-state index contributed by atoms with van der Waals surface area (Å²) in [5.74, 6) is 0.797. The third kappa shape index (κ3) is 8.67. The van der Waals surface area contributed by atoms with Crippen molar-refractivity contribution in [2.75, 3.05) is 37.5 Å². The van der Waals surface area contributed by atoms with Gasteiger partial charge in [-0.05, 0) is 71.7 Å². The van der Waals surface area contributed by atoms with Crippen LogP contribution in [-0.2, 0) is 14.3 Å². The molecule has 2 atom stereocenters. The van der Waals surface area contributed by atoms with Gasteiger partial charge in [0.2, 0.25) is 5.91 Å². The summed E-state index contributed by atoms with van der Waals surface area (Å²) in [6, 6.07) is 10.5. The standard InChI is InChI=1S/C31H36ClN9O4/c1-20-5-3-4-6-25(37-29(42)12-7-21-15-22(32)8-11-28(21)41-19-35-39-40-41)30-34-18-27(38-30)24-10-9-23(16-26(24)33-17-20)36-31(43)45-14-13-44-2/h7-12,15-16,18-20,25,33H,3-6,13-14,17H2,1-2H3,(H,34,38)(H,36,43)(H,37,42)/b12-7+/t20-,25+/m1/s1. The van der Waals surface area contributed by atoms with Crippen molar-refractivity contribution in [2.45, 2.75) is 38.6 Å². The Morgan fingerprint density at radius 1 is 1.16 bits per heavy atom. The normalized spacial score (nSPS) is 16.9. The van der Waals surface area contributed by atoms with Gasteiger partial charge in [0.15, 0.2) is 0 Å². The zero-order valence-electron chi connectivity index (χ0n) is 25.1. The lowest BCUT2D eigenvalue weighted by atomic mass is 10.0. The number of carbonyl (C=O) groups is 2. The Morgan fingerprint density at radius 3 is 2.84 bits per heavy atom. The van der Waals surface area contributed by atoms with E-state index in [0.29, 0.717) is 46.0 Å². The summed E-state index contributed by atoms with van der Waals surface area (Å²) < 4.78 is 11.6. The molecule has 0 unspecified atom stereocenters. The Bertz CT molecular complexity index is 1620. The summed E-state index contributed by atoms with van der Waals surface area (Å²) >= 11 is 6.23. The van der Waals surface area contributed by atoms with Crippen LogP contribution in [0.15, 0.2) is 55.0 Å². The van der Waals surface area contributed by atoms with Crippen LogP contribution in [0.2, 0.25) is 5.02 Å². The first-order chi connectivity index (χ1) is 21.9. The quantitative estimate of drug-likeness (QED) is 0.147. The van der Waals surface area contributed by atoms with Gasteiger partial charge in [-0.1, -0.05) is 31.4 Å². The van der Waals surface area contributed by atoms with Crippen molar-refractivity contribution in [1.82, 2.24) is 35.5 Å². The number of ether oxygens (including phenoxy) is 2. The van der Waals surface area contributed by atoms with Gasteiger partial charge in [-0.15, -0.1) is 5.10 Å². The van der Waals surface area contributed by atoms with Crippen molar-refractivity contribution in [1.29, 1.82) is 0 Å². The molecule has 0 radical (unpaired) electrons. The van der Waals surface area contributed by atoms with E-state index in [-0.39, 0.29) is 18.6 Å². The van der Waals surface area contributed by atoms with Gasteiger partial charge in [-0.3, -0.25) is 10.1 Å². The number of nitrogens with one attached hydrogen (secondary N) is 4. The first-order valence-electron chi connectivity index (χ1n) is 14.8. The number of H-pyrrole nitrogens is 1. The van der Waals surface area contributed by atoms with Gasteiger partial charge in [-0.2, -0.15) is 4.68 Å². The van der Waals surface area contributed by atoms with Crippen LogP contribution < -0.4 is 16.0 Å². The molecule has 0 spiro atoms. The van der Waals surface area contributed by atoms with Crippen molar-refractivity contribution in [3.05, 3.63) is 71.4 Å². The minimum Gasteiger partial charge on any atom is -0.447 e. The fourth-order valence-electron chi connectivity index (χ4n) is 5.05. The number of carbonyl (C=O) groups excluding carboxylic acids is 2. The second-order valence-electron chi connectivity index (χ2n) is 10.8. The number of nitrogens with zero attached hydrogens (tertiary/aromatic N) is 5. The molecule has 45 heavy (non-hydrogen) atoms. The first-order valence-corrected chi connectivity index (χ1v) is 15.1. The molecular formula is C31H36ClN9O4. The van der Waals surface area contributed by atoms with E-state index in [0.717, 1.165) is 43.5 Å². The van der Waals surface area contributed by atoms with Gasteiger partial charge in [0.05, 0.1) is 24.0 Å². The van der Waals surface area contributed by atoms with Crippen molar-refractivity contribution in [2.24, 2.45) is 5.92 Å². The number of hydrogen-bond acceptors (Lipinski definition) is 9. The molecule has 3 heterocycles. The van der Waals surface area contributed by atoms with Crippen LogP contribution in [0, 0.1) is 5.92 Å². The van der Waals surface area contributed by atoms with Gasteiger partial charge >= 0.3 is 6.09 Å². The predicted molar refractivity (Wildman–Crippen MR) is 171 cm³/mol. The number of imidazole rings is 1. The average Bonchev–Trinajstić information content (AvgIpc) is 3.74. The number of hydrogen-bond donors (Lipinski definition) is 4. The van der Waals surface area contributed by atoms with Crippen LogP contribution in [-0.4, -0.2) is 69.0 Å². The lowest BCUT2D eigenvalue weighted by Gasteiger charge is -2.17. The number of halogens is 1. The van der Waals surface area contributed by atoms with E-state index in [4.69, 9.17) is 26.1 Å². The molecule has 0 saturated carbocycles. The third-order valence-electron chi connectivity index (χ3n) is 7.39. The zero-order chi connectivity index (χ0) is 31.6. The molecule has 2 bridgehead atoms. The highest BCUT2D eigenvalue weighted by Gasteiger charge is 2.20. The van der Waals surface area contributed by atoms with E-state index in [1.54, 1.807) is 37.5 Å². The van der Waals surface area contributed by atoms with E-state index in [1.165, 1.54) is 17.1 Å². The van der Waals surface area contributed by atoms with Gasteiger partial charge in [0.25, 0.3) is 0 Å². The van der Waals surface area contributed by atoms with Crippen molar-refractivity contribution in [3.8, 4) is 16.9 Å². The number of benzene rings is 2. The lowest BCUT2D eigenvalue weighted by molar-refractivity contribution is -0.117. The van der Waals surface area contributed by atoms with Crippen molar-refractivity contribution >= 4 is 41.1 Å². The Labute approximate surface area is 265 Å². The fraction of sp³-hybridized carbons (Fsp3) is 0.355. The second-order valence-corrected chi connectivity index (χ2v) is 11.2. The Hall–Kier alpha value is -4.75. The van der Waals surface area contributed by atoms with Gasteiger partial charge in [0, 0.05) is 53.5 Å². The van der Waals surface area contributed by atoms with E-state index in [2.05, 4.69) is 43.4 Å². The molecule has 0 aliphatic carbocycles. The van der Waals surface area contributed by atoms with Crippen LogP contribution in [0.3, 0.4) is 0 Å². The molecule has 14 heteroatoms. The van der Waals surface area contributed by atoms with Gasteiger partial charge in [-0.25, -0.2) is 9.78 Å². The molecule has 2 aromatic heterocycles. The molecule has 1 aliphatic rings. The largest absolute Gasteiger partial charge is 0.447 e. The first kappa shape index (κ1) is 31.7. The summed E-state index contributed by atoms with van der Waals surface area (Å²) in [4.78, 5) is 33.6. The van der Waals surface area contributed by atoms with Crippen molar-refractivity contribution < 1.29 is 19.1 Å². The van der Waals surface area contributed by atoms with Crippen molar-refractivity contribution in [3.63, 3.8) is 0 Å². The zero-order valence-corrected chi connectivity index (χ0v) is 25.9. The van der Waals surface area contributed by atoms with Crippen LogP contribution in [0.1, 0.15) is 50.0 Å². The van der Waals surface area contributed by atoms with Gasteiger partial charge in [0.1, 0.15) is 18.8 Å². The summed E-state index contributed by atoms with van der Waals surface area (Å²) in [6.07, 6.45) is 9.57. The maximum atomic E-state index is 13.2. The minimum atomic E-state index is -0.554. The maximum absolute atomic E-state index is 13.2. The molecule has 5 rings (SSSR count). The summed E-state index contributed by atoms with van der Waals surface area (Å²) in [7, 11) is 1.55. The third-order valence-corrected chi connectivity index (χ3v) is 7.62. The lowest BCUT2D eigenvalue weighted by Crippen LogP contribution is -2.27. The fourth-order valence-corrected chi connectivity index (χ4v) is 5.23. The summed E-state index contributed by atoms with van der Waals surface area (Å²) in [6.45, 7) is 3.44. The number of rotatable bonds is 8. The highest BCUT2D eigenvalue weighted by molar-refractivity contribution is 6.30. The number of methoxy groups -OCH3 is 1. The highest BCUT2D eigenvalue weighted by atomic mass is 35.5. The van der Waals surface area contributed by atoms with E-state index >= 15 is 0 Å². The topological polar surface area (TPSA) is 161 Å². The van der Waals surface area contributed by atoms with E-state index in [1.807, 2.05) is 18.3 Å². The maximum Gasteiger partial charge on any atom is 0.411 e. The van der Waals surface area contributed by atoms with Gasteiger partial charge < -0.3 is 25.1 Å². The molecular weight excluding hydrogens is 598 g/mol. The molecule has 2 amide bonds. The number of anilines is 2. The van der Waals surface area contributed by atoms with E-state index < -0.39 is 6.09 Å². The number of tetrazole rings is 1. The Morgan fingerprint density at radius 2 is 2.02 bits per heavy atom. The van der Waals surface area contributed by atoms with Crippen LogP contribution in [0.4, 0.5) is 16.2 Å². The summed E-state index contributed by atoms with van der Waals surface area (Å²) in [5, 5.41) is 21.3. The number of amides is 2.